The maximum Gasteiger partial charge on any atom is 0.212 e. The molecule has 1 heteroatoms. The second kappa shape index (κ2) is 4.09. The highest BCUT2D eigenvalue weighted by molar-refractivity contribution is 5.55. The lowest BCUT2D eigenvalue weighted by Gasteiger charge is -2.16. The number of pyridine rings is 1. The highest BCUT2D eigenvalue weighted by atomic mass is 15.0. The fourth-order valence-corrected chi connectivity index (χ4v) is 1.87. The van der Waals surface area contributed by atoms with Crippen LogP contribution >= 0.6 is 0 Å². The second-order valence-electron chi connectivity index (χ2n) is 4.99. The van der Waals surface area contributed by atoms with Crippen molar-refractivity contribution >= 4 is 0 Å². The fourth-order valence-electron chi connectivity index (χ4n) is 1.87. The molecule has 0 atom stereocenters. The van der Waals surface area contributed by atoms with Gasteiger partial charge >= 0.3 is 0 Å². The number of aromatic nitrogens is 1. The van der Waals surface area contributed by atoms with Gasteiger partial charge in [0.2, 0.25) is 5.69 Å². The third-order valence-electron chi connectivity index (χ3n) is 2.65. The van der Waals surface area contributed by atoms with Crippen LogP contribution in [0.15, 0.2) is 54.7 Å². The van der Waals surface area contributed by atoms with E-state index in [0.29, 0.717) is 0 Å². The fraction of sp³-hybridized carbons (Fsp3) is 0.267. The maximum absolute atomic E-state index is 2.31. The van der Waals surface area contributed by atoms with Crippen molar-refractivity contribution in [3.63, 3.8) is 0 Å². The molecule has 0 N–H and O–H groups in total. The van der Waals surface area contributed by atoms with E-state index in [-0.39, 0.29) is 5.54 Å². The van der Waals surface area contributed by atoms with Crippen molar-refractivity contribution in [3.8, 4) is 11.3 Å². The Morgan fingerprint density at radius 3 is 2.06 bits per heavy atom. The smallest absolute Gasteiger partial charge is 0.194 e. The van der Waals surface area contributed by atoms with Crippen molar-refractivity contribution < 1.29 is 4.57 Å². The van der Waals surface area contributed by atoms with Crippen molar-refractivity contribution in [2.24, 2.45) is 0 Å². The number of benzene rings is 1. The quantitative estimate of drug-likeness (QED) is 0.638. The Hall–Kier alpha value is -1.63. The molecule has 1 aromatic carbocycles. The van der Waals surface area contributed by atoms with Gasteiger partial charge in [0.15, 0.2) is 11.7 Å². The van der Waals surface area contributed by atoms with Crippen molar-refractivity contribution in [1.82, 2.24) is 0 Å². The lowest BCUT2D eigenvalue weighted by molar-refractivity contribution is -0.744. The zero-order valence-corrected chi connectivity index (χ0v) is 10.1. The van der Waals surface area contributed by atoms with Gasteiger partial charge in [-0.05, 0) is 18.2 Å². The van der Waals surface area contributed by atoms with Crippen molar-refractivity contribution in [3.05, 3.63) is 54.7 Å². The summed E-state index contributed by atoms with van der Waals surface area (Å²) in [5, 5.41) is 0. The van der Waals surface area contributed by atoms with E-state index in [9.17, 15) is 0 Å². The summed E-state index contributed by atoms with van der Waals surface area (Å²) in [5.74, 6) is 0. The zero-order chi connectivity index (χ0) is 11.6. The van der Waals surface area contributed by atoms with Gasteiger partial charge in [-0.25, -0.2) is 0 Å². The molecule has 0 aliphatic heterocycles. The first kappa shape index (κ1) is 10.9. The van der Waals surface area contributed by atoms with Gasteiger partial charge in [-0.15, -0.1) is 0 Å². The molecule has 2 aromatic rings. The first-order chi connectivity index (χ1) is 7.59. The molecule has 0 saturated carbocycles. The minimum absolute atomic E-state index is 0.104. The molecule has 0 aliphatic rings. The Kier molecular flexibility index (Phi) is 2.78. The predicted molar refractivity (Wildman–Crippen MR) is 67.1 cm³/mol. The Labute approximate surface area is 97.4 Å². The zero-order valence-electron chi connectivity index (χ0n) is 10.1. The molecule has 82 valence electrons. The van der Waals surface area contributed by atoms with Crippen LogP contribution in [0.2, 0.25) is 0 Å². The van der Waals surface area contributed by atoms with E-state index >= 15 is 0 Å². The lowest BCUT2D eigenvalue weighted by atomic mass is 10.0. The SMILES string of the molecule is CC(C)(C)[n+]1ccccc1-c1ccccc1. The van der Waals surface area contributed by atoms with Gasteiger partial charge in [-0.2, -0.15) is 4.57 Å². The molecular weight excluding hydrogens is 194 g/mol. The number of hydrogen-bond donors (Lipinski definition) is 0. The number of nitrogens with zero attached hydrogens (tertiary/aromatic N) is 1. The molecule has 0 fully saturated rings. The molecule has 16 heavy (non-hydrogen) atoms. The predicted octanol–water partition coefficient (Wildman–Crippen LogP) is 3.40. The van der Waals surface area contributed by atoms with Crippen LogP contribution in [0.25, 0.3) is 11.3 Å². The summed E-state index contributed by atoms with van der Waals surface area (Å²) in [7, 11) is 0. The molecule has 2 rings (SSSR count). The number of hydrogen-bond acceptors (Lipinski definition) is 0. The van der Waals surface area contributed by atoms with Crippen LogP contribution in [0, 0.1) is 0 Å². The number of rotatable bonds is 1. The first-order valence-electron chi connectivity index (χ1n) is 5.65. The van der Waals surface area contributed by atoms with Crippen LogP contribution in [0.5, 0.6) is 0 Å². The molecule has 1 heterocycles. The molecule has 0 unspecified atom stereocenters. The highest BCUT2D eigenvalue weighted by Gasteiger charge is 2.25. The normalized spacial score (nSPS) is 11.4. The molecular formula is C15H18N+. The highest BCUT2D eigenvalue weighted by Crippen LogP contribution is 2.17. The standard InChI is InChI=1S/C15H18N/c1-15(2,3)16-12-8-7-11-14(16)13-9-5-4-6-10-13/h4-12H,1-3H3/q+1. The third kappa shape index (κ3) is 2.13. The largest absolute Gasteiger partial charge is 0.212 e. The monoisotopic (exact) mass is 212 g/mol. The molecule has 0 saturated heterocycles. The van der Waals surface area contributed by atoms with Gasteiger partial charge in [-0.1, -0.05) is 18.2 Å². The second-order valence-corrected chi connectivity index (χ2v) is 4.99. The molecule has 1 aromatic heterocycles. The average Bonchev–Trinajstić information content (AvgIpc) is 2.29. The molecule has 1 nitrogen and oxygen atoms in total. The van der Waals surface area contributed by atoms with Crippen LogP contribution in [-0.4, -0.2) is 0 Å². The summed E-state index contributed by atoms with van der Waals surface area (Å²) in [6.45, 7) is 6.66. The van der Waals surface area contributed by atoms with E-state index in [4.69, 9.17) is 0 Å². The van der Waals surface area contributed by atoms with Gasteiger partial charge in [0.1, 0.15) is 0 Å². The van der Waals surface area contributed by atoms with Crippen LogP contribution in [0.1, 0.15) is 20.8 Å². The Balaban J connectivity index is 2.58. The van der Waals surface area contributed by atoms with Gasteiger partial charge < -0.3 is 0 Å². The summed E-state index contributed by atoms with van der Waals surface area (Å²) in [6, 6.07) is 16.8. The molecule has 0 spiro atoms. The van der Waals surface area contributed by atoms with E-state index < -0.39 is 0 Å². The van der Waals surface area contributed by atoms with E-state index in [0.717, 1.165) is 0 Å². The van der Waals surface area contributed by atoms with Crippen molar-refractivity contribution in [2.75, 3.05) is 0 Å². The van der Waals surface area contributed by atoms with Gasteiger partial charge in [0, 0.05) is 38.5 Å². The Morgan fingerprint density at radius 1 is 0.812 bits per heavy atom. The Bertz CT molecular complexity index is 466. The minimum Gasteiger partial charge on any atom is -0.194 e. The van der Waals surface area contributed by atoms with E-state index in [1.54, 1.807) is 0 Å². The van der Waals surface area contributed by atoms with Crippen LogP contribution in [0.4, 0.5) is 0 Å². The van der Waals surface area contributed by atoms with Gasteiger partial charge in [-0.3, -0.25) is 0 Å². The summed E-state index contributed by atoms with van der Waals surface area (Å²) in [6.07, 6.45) is 2.14. The maximum atomic E-state index is 2.31. The van der Waals surface area contributed by atoms with Crippen LogP contribution in [-0.2, 0) is 5.54 Å². The third-order valence-corrected chi connectivity index (χ3v) is 2.65. The molecule has 0 aliphatic carbocycles. The van der Waals surface area contributed by atoms with E-state index in [1.807, 2.05) is 6.07 Å². The summed E-state index contributed by atoms with van der Waals surface area (Å²) < 4.78 is 2.31. The van der Waals surface area contributed by atoms with Crippen molar-refractivity contribution in [2.45, 2.75) is 26.3 Å². The van der Waals surface area contributed by atoms with Crippen molar-refractivity contribution in [1.29, 1.82) is 0 Å². The summed E-state index contributed by atoms with van der Waals surface area (Å²) in [4.78, 5) is 0. The summed E-state index contributed by atoms with van der Waals surface area (Å²) >= 11 is 0. The topological polar surface area (TPSA) is 3.88 Å². The first-order valence-corrected chi connectivity index (χ1v) is 5.65. The van der Waals surface area contributed by atoms with Crippen LogP contribution < -0.4 is 4.57 Å². The molecule has 0 bridgehead atoms. The minimum atomic E-state index is 0.104. The Morgan fingerprint density at radius 2 is 1.44 bits per heavy atom. The average molecular weight is 212 g/mol. The van der Waals surface area contributed by atoms with Crippen LogP contribution in [0.3, 0.4) is 0 Å². The van der Waals surface area contributed by atoms with Gasteiger partial charge in [0.25, 0.3) is 0 Å². The lowest BCUT2D eigenvalue weighted by Crippen LogP contribution is -2.51. The van der Waals surface area contributed by atoms with E-state index in [2.05, 4.69) is 74.0 Å². The molecule has 0 amide bonds. The molecule has 0 radical (unpaired) electrons. The summed E-state index contributed by atoms with van der Waals surface area (Å²) in [5.41, 5.74) is 2.63. The van der Waals surface area contributed by atoms with E-state index in [1.165, 1.54) is 11.3 Å². The van der Waals surface area contributed by atoms with Gasteiger partial charge in [0.05, 0.1) is 0 Å².